The van der Waals surface area contributed by atoms with Gasteiger partial charge in [-0.2, -0.15) is 4.31 Å². The highest BCUT2D eigenvalue weighted by molar-refractivity contribution is 7.89. The summed E-state index contributed by atoms with van der Waals surface area (Å²) in [7, 11) is -1.60. The molecule has 2 heterocycles. The van der Waals surface area contributed by atoms with Crippen molar-refractivity contribution in [3.63, 3.8) is 0 Å². The fraction of sp³-hybridized carbons (Fsp3) is 0.389. The maximum Gasteiger partial charge on any atom is 0.243 e. The number of rotatable bonds is 7. The summed E-state index contributed by atoms with van der Waals surface area (Å²) in [5.41, 5.74) is 0.571. The molecule has 1 aliphatic heterocycles. The maximum atomic E-state index is 12.5. The van der Waals surface area contributed by atoms with Gasteiger partial charge in [-0.3, -0.25) is 9.69 Å². The van der Waals surface area contributed by atoms with Crippen molar-refractivity contribution in [2.45, 2.75) is 24.3 Å². The molecule has 26 heavy (non-hydrogen) atoms. The molecule has 0 saturated carbocycles. The first-order valence-corrected chi connectivity index (χ1v) is 10.00. The number of carbonyl (C=O) groups excluding carboxylic acids is 1. The Morgan fingerprint density at radius 1 is 1.19 bits per heavy atom. The van der Waals surface area contributed by atoms with E-state index in [-0.39, 0.29) is 17.3 Å². The lowest BCUT2D eigenvalue weighted by atomic mass is 10.3. The van der Waals surface area contributed by atoms with Gasteiger partial charge in [-0.25, -0.2) is 8.42 Å². The summed E-state index contributed by atoms with van der Waals surface area (Å²) in [5, 5.41) is 2.78. The lowest BCUT2D eigenvalue weighted by molar-refractivity contribution is -0.117. The van der Waals surface area contributed by atoms with Crippen molar-refractivity contribution < 1.29 is 17.6 Å². The number of benzene rings is 1. The minimum absolute atomic E-state index is 0.172. The zero-order chi connectivity index (χ0) is 18.6. The third kappa shape index (κ3) is 4.51. The molecule has 1 saturated heterocycles. The van der Waals surface area contributed by atoms with Gasteiger partial charge in [-0.1, -0.05) is 0 Å². The number of hydrogen-bond donors (Lipinski definition) is 1. The van der Waals surface area contributed by atoms with Crippen molar-refractivity contribution in [1.82, 2.24) is 9.21 Å². The van der Waals surface area contributed by atoms with E-state index in [1.807, 2.05) is 18.0 Å². The number of sulfonamides is 1. The first-order chi connectivity index (χ1) is 12.4. The predicted molar refractivity (Wildman–Crippen MR) is 98.1 cm³/mol. The lowest BCUT2D eigenvalue weighted by Gasteiger charge is -2.16. The second kappa shape index (κ2) is 8.03. The lowest BCUT2D eigenvalue weighted by Crippen LogP contribution is -2.30. The Labute approximate surface area is 153 Å². The van der Waals surface area contributed by atoms with Gasteiger partial charge in [-0.15, -0.1) is 0 Å². The summed E-state index contributed by atoms with van der Waals surface area (Å²) in [4.78, 5) is 14.2. The van der Waals surface area contributed by atoms with E-state index in [1.165, 1.54) is 16.4 Å². The van der Waals surface area contributed by atoms with Crippen LogP contribution >= 0.6 is 0 Å². The van der Waals surface area contributed by atoms with E-state index in [4.69, 9.17) is 4.42 Å². The molecule has 140 valence electrons. The van der Waals surface area contributed by atoms with Crippen LogP contribution in [0.1, 0.15) is 18.6 Å². The third-order valence-corrected chi connectivity index (χ3v) is 6.17. The largest absolute Gasteiger partial charge is 0.468 e. The molecule has 0 unspecified atom stereocenters. The van der Waals surface area contributed by atoms with Crippen molar-refractivity contribution in [2.24, 2.45) is 0 Å². The Morgan fingerprint density at radius 3 is 2.50 bits per heavy atom. The average Bonchev–Trinajstić information content (AvgIpc) is 3.29. The van der Waals surface area contributed by atoms with E-state index in [2.05, 4.69) is 5.32 Å². The summed E-state index contributed by atoms with van der Waals surface area (Å²) in [6.07, 6.45) is 3.40. The van der Waals surface area contributed by atoms with Crippen molar-refractivity contribution in [1.29, 1.82) is 0 Å². The molecule has 2 aromatic rings. The van der Waals surface area contributed by atoms with Crippen LogP contribution in [0, 0.1) is 0 Å². The highest BCUT2D eigenvalue weighted by Gasteiger charge is 2.26. The van der Waals surface area contributed by atoms with Gasteiger partial charge in [-0.05, 0) is 56.3 Å². The zero-order valence-electron chi connectivity index (χ0n) is 14.7. The molecular weight excluding hydrogens is 354 g/mol. The minimum Gasteiger partial charge on any atom is -0.468 e. The molecule has 0 atom stereocenters. The molecule has 1 aromatic heterocycles. The highest BCUT2D eigenvalue weighted by Crippen LogP contribution is 2.22. The van der Waals surface area contributed by atoms with E-state index in [0.717, 1.165) is 18.6 Å². The van der Waals surface area contributed by atoms with Crippen LogP contribution in [0.25, 0.3) is 0 Å². The van der Waals surface area contributed by atoms with Crippen LogP contribution in [0.3, 0.4) is 0 Å². The highest BCUT2D eigenvalue weighted by atomic mass is 32.2. The van der Waals surface area contributed by atoms with Crippen LogP contribution < -0.4 is 5.32 Å². The van der Waals surface area contributed by atoms with Crippen LogP contribution in [-0.2, 0) is 21.4 Å². The molecule has 1 aromatic carbocycles. The molecule has 1 amide bonds. The topological polar surface area (TPSA) is 82.9 Å². The number of likely N-dealkylation sites (N-methyl/N-ethyl adjacent to an activating group) is 1. The Hall–Kier alpha value is -2.16. The number of carbonyl (C=O) groups is 1. The molecule has 0 bridgehead atoms. The fourth-order valence-corrected chi connectivity index (χ4v) is 4.48. The Balaban J connectivity index is 1.56. The smallest absolute Gasteiger partial charge is 0.243 e. The van der Waals surface area contributed by atoms with E-state index in [9.17, 15) is 13.2 Å². The summed E-state index contributed by atoms with van der Waals surface area (Å²) in [6, 6.07) is 9.97. The van der Waals surface area contributed by atoms with Gasteiger partial charge in [0, 0.05) is 18.8 Å². The standard InChI is InChI=1S/C18H23N3O4S/c1-20(13-16-5-4-12-25-16)14-18(22)19-15-6-8-17(9-7-15)26(23,24)21-10-2-3-11-21/h4-9,12H,2-3,10-11,13-14H2,1H3,(H,19,22). The minimum atomic E-state index is -3.43. The number of nitrogens with one attached hydrogen (secondary N) is 1. The van der Waals surface area contributed by atoms with Gasteiger partial charge in [0.25, 0.3) is 0 Å². The van der Waals surface area contributed by atoms with Gasteiger partial charge < -0.3 is 9.73 Å². The molecule has 1 aliphatic rings. The van der Waals surface area contributed by atoms with Gasteiger partial charge in [0.05, 0.1) is 24.2 Å². The van der Waals surface area contributed by atoms with E-state index in [1.54, 1.807) is 24.5 Å². The summed E-state index contributed by atoms with van der Waals surface area (Å²) in [6.45, 7) is 1.88. The summed E-state index contributed by atoms with van der Waals surface area (Å²) < 4.78 is 31.7. The number of amides is 1. The molecule has 1 N–H and O–H groups in total. The monoisotopic (exact) mass is 377 g/mol. The van der Waals surface area contributed by atoms with Gasteiger partial charge >= 0.3 is 0 Å². The quantitative estimate of drug-likeness (QED) is 0.799. The zero-order valence-corrected chi connectivity index (χ0v) is 15.5. The molecule has 0 aliphatic carbocycles. The van der Waals surface area contributed by atoms with Crippen molar-refractivity contribution >= 4 is 21.6 Å². The van der Waals surface area contributed by atoms with Crippen molar-refractivity contribution in [3.05, 3.63) is 48.4 Å². The molecule has 0 spiro atoms. The van der Waals surface area contributed by atoms with Crippen LogP contribution in [0.5, 0.6) is 0 Å². The van der Waals surface area contributed by atoms with Crippen LogP contribution in [-0.4, -0.2) is 50.2 Å². The average molecular weight is 377 g/mol. The van der Waals surface area contributed by atoms with Gasteiger partial charge in [0.1, 0.15) is 5.76 Å². The third-order valence-electron chi connectivity index (χ3n) is 4.26. The van der Waals surface area contributed by atoms with Gasteiger partial charge in [0.15, 0.2) is 0 Å². The Kier molecular flexibility index (Phi) is 5.75. The van der Waals surface area contributed by atoms with Gasteiger partial charge in [0.2, 0.25) is 15.9 Å². The number of anilines is 1. The van der Waals surface area contributed by atoms with Crippen molar-refractivity contribution in [2.75, 3.05) is 32.0 Å². The van der Waals surface area contributed by atoms with Crippen molar-refractivity contribution in [3.8, 4) is 0 Å². The summed E-state index contributed by atoms with van der Waals surface area (Å²) in [5.74, 6) is 0.617. The van der Waals surface area contributed by atoms with Crippen LogP contribution in [0.15, 0.2) is 52.0 Å². The first kappa shape index (κ1) is 18.6. The first-order valence-electron chi connectivity index (χ1n) is 8.56. The maximum absolute atomic E-state index is 12.5. The number of furan rings is 1. The second-order valence-electron chi connectivity index (χ2n) is 6.44. The normalized spacial score (nSPS) is 15.5. The predicted octanol–water partition coefficient (Wildman–Crippen LogP) is 2.13. The van der Waals surface area contributed by atoms with Crippen LogP contribution in [0.4, 0.5) is 5.69 Å². The van der Waals surface area contributed by atoms with E-state index >= 15 is 0 Å². The van der Waals surface area contributed by atoms with E-state index in [0.29, 0.717) is 25.3 Å². The number of hydrogen-bond acceptors (Lipinski definition) is 5. The number of nitrogens with zero attached hydrogens (tertiary/aromatic N) is 2. The Morgan fingerprint density at radius 2 is 1.88 bits per heavy atom. The molecule has 7 nitrogen and oxygen atoms in total. The van der Waals surface area contributed by atoms with E-state index < -0.39 is 10.0 Å². The second-order valence-corrected chi connectivity index (χ2v) is 8.37. The summed E-state index contributed by atoms with van der Waals surface area (Å²) >= 11 is 0. The molecule has 0 radical (unpaired) electrons. The molecule has 8 heteroatoms. The van der Waals surface area contributed by atoms with Crippen LogP contribution in [0.2, 0.25) is 0 Å². The Bertz CT molecular complexity index is 826. The molecule has 3 rings (SSSR count). The SMILES string of the molecule is CN(CC(=O)Nc1ccc(S(=O)(=O)N2CCCC2)cc1)Cc1ccco1. The molecule has 1 fully saturated rings. The molecular formula is C18H23N3O4S. The fourth-order valence-electron chi connectivity index (χ4n) is 2.96.